The van der Waals surface area contributed by atoms with E-state index in [0.29, 0.717) is 27.2 Å². The Kier molecular flexibility index (Phi) is 5.02. The Bertz CT molecular complexity index is 1040. The van der Waals surface area contributed by atoms with Crippen molar-refractivity contribution in [3.8, 4) is 0 Å². The summed E-state index contributed by atoms with van der Waals surface area (Å²) in [5.74, 6) is 1.12. The number of thioether (sulfide) groups is 1. The highest BCUT2D eigenvalue weighted by molar-refractivity contribution is 8.18. The van der Waals surface area contributed by atoms with E-state index in [2.05, 4.69) is 30.9 Å². The quantitative estimate of drug-likeness (QED) is 0.640. The SMILES string of the molecule is CCc1ccc(/C=C2\SC(=N[C@@H](c3ccc(F)cc3)c3nn[nH]n3)NC2=O)o1. The minimum Gasteiger partial charge on any atom is -0.462 e. The van der Waals surface area contributed by atoms with Crippen LogP contribution < -0.4 is 5.32 Å². The Morgan fingerprint density at radius 1 is 1.29 bits per heavy atom. The lowest BCUT2D eigenvalue weighted by Crippen LogP contribution is -2.20. The van der Waals surface area contributed by atoms with E-state index in [-0.39, 0.29) is 11.7 Å². The number of halogens is 1. The lowest BCUT2D eigenvalue weighted by molar-refractivity contribution is -0.115. The molecule has 3 aromatic rings. The number of amides is 1. The summed E-state index contributed by atoms with van der Waals surface area (Å²) in [7, 11) is 0. The van der Waals surface area contributed by atoms with Crippen LogP contribution in [0.15, 0.2) is 50.7 Å². The molecule has 1 aliphatic rings. The van der Waals surface area contributed by atoms with E-state index < -0.39 is 6.04 Å². The molecule has 1 fully saturated rings. The van der Waals surface area contributed by atoms with Gasteiger partial charge in [0.25, 0.3) is 5.91 Å². The topological polar surface area (TPSA) is 109 Å². The lowest BCUT2D eigenvalue weighted by atomic mass is 10.1. The third-order valence-electron chi connectivity index (χ3n) is 3.99. The Hall–Kier alpha value is -3.27. The summed E-state index contributed by atoms with van der Waals surface area (Å²) < 4.78 is 18.9. The van der Waals surface area contributed by atoms with Gasteiger partial charge in [0, 0.05) is 12.5 Å². The van der Waals surface area contributed by atoms with Crippen molar-refractivity contribution in [3.63, 3.8) is 0 Å². The number of hydrogen-bond donors (Lipinski definition) is 2. The summed E-state index contributed by atoms with van der Waals surface area (Å²) >= 11 is 1.18. The van der Waals surface area contributed by atoms with E-state index in [9.17, 15) is 9.18 Å². The second-order valence-corrected chi connectivity index (χ2v) is 6.91. The number of rotatable bonds is 5. The van der Waals surface area contributed by atoms with Crippen molar-refractivity contribution in [2.45, 2.75) is 19.4 Å². The Morgan fingerprint density at radius 2 is 2.11 bits per heavy atom. The van der Waals surface area contributed by atoms with Gasteiger partial charge in [0.2, 0.25) is 5.82 Å². The summed E-state index contributed by atoms with van der Waals surface area (Å²) in [5.41, 5.74) is 0.668. The fourth-order valence-electron chi connectivity index (χ4n) is 2.61. The van der Waals surface area contributed by atoms with E-state index in [1.807, 2.05) is 19.1 Å². The normalized spacial score (nSPS) is 18.0. The fraction of sp³-hybridized carbons (Fsp3) is 0.167. The van der Waals surface area contributed by atoms with Crippen molar-refractivity contribution in [1.82, 2.24) is 25.9 Å². The molecule has 0 radical (unpaired) electrons. The highest BCUT2D eigenvalue weighted by Gasteiger charge is 2.27. The molecule has 142 valence electrons. The Morgan fingerprint density at radius 3 is 2.79 bits per heavy atom. The van der Waals surface area contributed by atoms with Crippen LogP contribution in [0, 0.1) is 5.82 Å². The molecular formula is C18H15FN6O2S. The van der Waals surface area contributed by atoms with Gasteiger partial charge in [0.15, 0.2) is 5.17 Å². The number of H-pyrrole nitrogens is 1. The molecule has 1 amide bonds. The molecule has 1 aliphatic heterocycles. The molecule has 1 aromatic carbocycles. The number of tetrazole rings is 1. The number of aromatic amines is 1. The average molecular weight is 398 g/mol. The molecule has 0 bridgehead atoms. The molecule has 4 rings (SSSR count). The van der Waals surface area contributed by atoms with E-state index in [1.165, 1.54) is 23.9 Å². The Labute approximate surface area is 163 Å². The predicted molar refractivity (Wildman–Crippen MR) is 102 cm³/mol. The molecule has 3 heterocycles. The van der Waals surface area contributed by atoms with Crippen LogP contribution >= 0.6 is 11.8 Å². The van der Waals surface area contributed by atoms with Crippen molar-refractivity contribution >= 4 is 28.9 Å². The first-order valence-corrected chi connectivity index (χ1v) is 9.30. The van der Waals surface area contributed by atoms with Gasteiger partial charge in [0.1, 0.15) is 23.4 Å². The van der Waals surface area contributed by atoms with Crippen LogP contribution in [0.4, 0.5) is 4.39 Å². The average Bonchev–Trinajstić information content (AvgIpc) is 3.43. The molecule has 1 saturated heterocycles. The first-order valence-electron chi connectivity index (χ1n) is 8.48. The number of hydrogen-bond acceptors (Lipinski definition) is 7. The maximum atomic E-state index is 13.3. The zero-order chi connectivity index (χ0) is 19.5. The second kappa shape index (κ2) is 7.77. The number of carbonyl (C=O) groups is 1. The zero-order valence-corrected chi connectivity index (χ0v) is 15.5. The van der Waals surface area contributed by atoms with Crippen molar-refractivity contribution < 1.29 is 13.6 Å². The smallest absolute Gasteiger partial charge is 0.264 e. The van der Waals surface area contributed by atoms with E-state index in [0.717, 1.165) is 12.2 Å². The molecule has 0 spiro atoms. The van der Waals surface area contributed by atoms with Gasteiger partial charge >= 0.3 is 0 Å². The third-order valence-corrected chi connectivity index (χ3v) is 4.92. The largest absolute Gasteiger partial charge is 0.462 e. The monoisotopic (exact) mass is 398 g/mol. The van der Waals surface area contributed by atoms with Gasteiger partial charge in [-0.15, -0.1) is 10.2 Å². The van der Waals surface area contributed by atoms with E-state index in [4.69, 9.17) is 4.42 Å². The lowest BCUT2D eigenvalue weighted by Gasteiger charge is -2.09. The third kappa shape index (κ3) is 3.86. The predicted octanol–water partition coefficient (Wildman–Crippen LogP) is 2.84. The van der Waals surface area contributed by atoms with Gasteiger partial charge < -0.3 is 9.73 Å². The standard InChI is InChI=1S/C18H15FN6O2S/c1-2-12-7-8-13(27-12)9-14-17(26)21-18(28-14)20-15(16-22-24-25-23-16)10-3-5-11(19)6-4-10/h3-9,15H,2H2,1H3,(H,20,21,26)(H,22,23,24,25)/b14-9-/t15-/m0/s1. The number of aliphatic imine (C=N–C) groups is 1. The first kappa shape index (κ1) is 18.1. The van der Waals surface area contributed by atoms with Crippen LogP contribution in [0.5, 0.6) is 0 Å². The molecule has 0 unspecified atom stereocenters. The first-order chi connectivity index (χ1) is 13.6. The van der Waals surface area contributed by atoms with Gasteiger partial charge in [-0.1, -0.05) is 24.3 Å². The molecule has 2 N–H and O–H groups in total. The van der Waals surface area contributed by atoms with E-state index in [1.54, 1.807) is 18.2 Å². The van der Waals surface area contributed by atoms with E-state index >= 15 is 0 Å². The minimum absolute atomic E-state index is 0.274. The number of nitrogens with one attached hydrogen (secondary N) is 2. The summed E-state index contributed by atoms with van der Waals surface area (Å²) in [6.07, 6.45) is 2.45. The number of benzene rings is 1. The van der Waals surface area contributed by atoms with Gasteiger partial charge in [-0.3, -0.25) is 4.79 Å². The number of aryl methyl sites for hydroxylation is 1. The number of aromatic nitrogens is 4. The van der Waals surface area contributed by atoms with Crippen molar-refractivity contribution in [3.05, 3.63) is 70.0 Å². The second-order valence-electron chi connectivity index (χ2n) is 5.88. The Balaban J connectivity index is 1.62. The minimum atomic E-state index is -0.642. The summed E-state index contributed by atoms with van der Waals surface area (Å²) in [6, 6.07) is 8.89. The molecule has 2 aromatic heterocycles. The molecule has 0 aliphatic carbocycles. The molecule has 8 nitrogen and oxygen atoms in total. The number of carbonyl (C=O) groups excluding carboxylic acids is 1. The van der Waals surface area contributed by atoms with Crippen molar-refractivity contribution in [1.29, 1.82) is 0 Å². The fourth-order valence-corrected chi connectivity index (χ4v) is 3.44. The van der Waals surface area contributed by atoms with Gasteiger partial charge in [0.05, 0.1) is 4.91 Å². The van der Waals surface area contributed by atoms with Crippen LogP contribution in [0.2, 0.25) is 0 Å². The zero-order valence-electron chi connectivity index (χ0n) is 14.7. The van der Waals surface area contributed by atoms with Crippen LogP contribution in [-0.4, -0.2) is 31.7 Å². The van der Waals surface area contributed by atoms with Gasteiger partial charge in [-0.05, 0) is 41.6 Å². The highest BCUT2D eigenvalue weighted by Crippen LogP contribution is 2.30. The number of furan rings is 1. The molecule has 1 atom stereocenters. The molecule has 0 saturated carbocycles. The molecule has 28 heavy (non-hydrogen) atoms. The maximum Gasteiger partial charge on any atom is 0.264 e. The van der Waals surface area contributed by atoms with Gasteiger partial charge in [-0.2, -0.15) is 5.21 Å². The summed E-state index contributed by atoms with van der Waals surface area (Å²) in [4.78, 5) is 17.3. The van der Waals surface area contributed by atoms with Crippen LogP contribution in [0.1, 0.15) is 35.9 Å². The van der Waals surface area contributed by atoms with Crippen LogP contribution in [-0.2, 0) is 11.2 Å². The molecular weight excluding hydrogens is 383 g/mol. The maximum absolute atomic E-state index is 13.3. The molecule has 10 heteroatoms. The summed E-state index contributed by atoms with van der Waals surface area (Å²) in [6.45, 7) is 1.99. The van der Waals surface area contributed by atoms with Crippen molar-refractivity contribution in [2.24, 2.45) is 4.99 Å². The number of nitrogens with zero attached hydrogens (tertiary/aromatic N) is 4. The highest BCUT2D eigenvalue weighted by atomic mass is 32.2. The number of amidine groups is 1. The van der Waals surface area contributed by atoms with Crippen molar-refractivity contribution in [2.75, 3.05) is 0 Å². The van der Waals surface area contributed by atoms with Crippen LogP contribution in [0.3, 0.4) is 0 Å². The van der Waals surface area contributed by atoms with Crippen LogP contribution in [0.25, 0.3) is 6.08 Å². The van der Waals surface area contributed by atoms with Gasteiger partial charge in [-0.25, -0.2) is 9.38 Å². The summed E-state index contributed by atoms with van der Waals surface area (Å²) in [5, 5.41) is 17.0.